The highest BCUT2D eigenvalue weighted by atomic mass is 127. The fourth-order valence-electron chi connectivity index (χ4n) is 2.29. The molecular formula is C18H23BrIN3O2S. The molecule has 0 radical (unpaired) electrons. The van der Waals surface area contributed by atoms with Gasteiger partial charge in [0, 0.05) is 24.6 Å². The Morgan fingerprint density at radius 3 is 2.42 bits per heavy atom. The molecule has 0 amide bonds. The molecule has 2 rings (SSSR count). The minimum absolute atomic E-state index is 0. The fourth-order valence-corrected chi connectivity index (χ4v) is 3.71. The third kappa shape index (κ3) is 7.24. The van der Waals surface area contributed by atoms with Gasteiger partial charge in [-0.2, -0.15) is 0 Å². The van der Waals surface area contributed by atoms with Gasteiger partial charge in [0.15, 0.2) is 15.8 Å². The van der Waals surface area contributed by atoms with Crippen LogP contribution in [0.25, 0.3) is 0 Å². The molecule has 0 aliphatic heterocycles. The smallest absolute Gasteiger partial charge is 0.191 e. The summed E-state index contributed by atoms with van der Waals surface area (Å²) in [6.45, 7) is 2.95. The topological polar surface area (TPSA) is 70.6 Å². The van der Waals surface area contributed by atoms with E-state index in [0.717, 1.165) is 10.0 Å². The second-order valence-corrected chi connectivity index (χ2v) is 8.64. The Hall–Kier alpha value is -1.13. The Morgan fingerprint density at radius 1 is 1.12 bits per heavy atom. The molecule has 0 fully saturated rings. The van der Waals surface area contributed by atoms with Crippen LogP contribution in [0.5, 0.6) is 0 Å². The SMILES string of the molecule is CN=C(NCCS(=O)(=O)c1ccc(Br)cc1)NCc1cccc(C)c1.I. The fraction of sp³-hybridized carbons (Fsp3) is 0.278. The molecular weight excluding hydrogens is 529 g/mol. The number of halogens is 2. The summed E-state index contributed by atoms with van der Waals surface area (Å²) in [6, 6.07) is 14.8. The first kappa shape index (κ1) is 22.9. The van der Waals surface area contributed by atoms with Crippen molar-refractivity contribution < 1.29 is 8.42 Å². The van der Waals surface area contributed by atoms with Crippen molar-refractivity contribution in [3.63, 3.8) is 0 Å². The predicted octanol–water partition coefficient (Wildman–Crippen LogP) is 3.51. The van der Waals surface area contributed by atoms with Crippen molar-refractivity contribution in [3.05, 3.63) is 64.1 Å². The maximum atomic E-state index is 12.3. The van der Waals surface area contributed by atoms with Gasteiger partial charge in [0.05, 0.1) is 10.6 Å². The monoisotopic (exact) mass is 551 g/mol. The van der Waals surface area contributed by atoms with Gasteiger partial charge in [-0.05, 0) is 36.8 Å². The van der Waals surface area contributed by atoms with Crippen LogP contribution in [-0.4, -0.2) is 33.7 Å². The molecule has 0 spiro atoms. The van der Waals surface area contributed by atoms with Gasteiger partial charge in [-0.1, -0.05) is 45.8 Å². The lowest BCUT2D eigenvalue weighted by atomic mass is 10.1. The number of hydrogen-bond acceptors (Lipinski definition) is 3. The van der Waals surface area contributed by atoms with Crippen LogP contribution in [0.15, 0.2) is 62.9 Å². The van der Waals surface area contributed by atoms with E-state index < -0.39 is 9.84 Å². The second-order valence-electron chi connectivity index (χ2n) is 5.61. The summed E-state index contributed by atoms with van der Waals surface area (Å²) in [6.07, 6.45) is 0. The molecule has 5 nitrogen and oxygen atoms in total. The van der Waals surface area contributed by atoms with Crippen LogP contribution in [-0.2, 0) is 16.4 Å². The first-order chi connectivity index (χ1) is 11.9. The minimum atomic E-state index is -3.32. The van der Waals surface area contributed by atoms with Gasteiger partial charge in [-0.3, -0.25) is 4.99 Å². The summed E-state index contributed by atoms with van der Waals surface area (Å²) in [7, 11) is -1.66. The normalized spacial score (nSPS) is 11.6. The molecule has 0 unspecified atom stereocenters. The number of aliphatic imine (C=N–C) groups is 1. The summed E-state index contributed by atoms with van der Waals surface area (Å²) < 4.78 is 25.5. The van der Waals surface area contributed by atoms with Gasteiger partial charge in [0.2, 0.25) is 0 Å². The third-order valence-corrected chi connectivity index (χ3v) is 5.86. The van der Waals surface area contributed by atoms with Gasteiger partial charge in [0.1, 0.15) is 0 Å². The highest BCUT2D eigenvalue weighted by Gasteiger charge is 2.14. The van der Waals surface area contributed by atoms with Crippen LogP contribution < -0.4 is 10.6 Å². The number of nitrogens with zero attached hydrogens (tertiary/aromatic N) is 1. The first-order valence-electron chi connectivity index (χ1n) is 7.89. The van der Waals surface area contributed by atoms with Crippen molar-refractivity contribution in [2.45, 2.75) is 18.4 Å². The number of aryl methyl sites for hydroxylation is 1. The number of guanidine groups is 1. The minimum Gasteiger partial charge on any atom is -0.355 e. The van der Waals surface area contributed by atoms with E-state index in [4.69, 9.17) is 0 Å². The van der Waals surface area contributed by atoms with Crippen molar-refractivity contribution in [2.24, 2.45) is 4.99 Å². The van der Waals surface area contributed by atoms with E-state index in [2.05, 4.69) is 37.6 Å². The number of nitrogens with one attached hydrogen (secondary N) is 2. The van der Waals surface area contributed by atoms with E-state index in [9.17, 15) is 8.42 Å². The number of sulfone groups is 1. The average Bonchev–Trinajstić information content (AvgIpc) is 2.58. The molecule has 0 heterocycles. The Bertz CT molecular complexity index is 840. The van der Waals surface area contributed by atoms with Gasteiger partial charge in [0.25, 0.3) is 0 Å². The maximum Gasteiger partial charge on any atom is 0.191 e. The lowest BCUT2D eigenvalue weighted by Gasteiger charge is -2.12. The summed E-state index contributed by atoms with van der Waals surface area (Å²) in [5.41, 5.74) is 2.34. The quantitative estimate of drug-likeness (QED) is 0.327. The molecule has 0 saturated carbocycles. The molecule has 0 atom stereocenters. The summed E-state index contributed by atoms with van der Waals surface area (Å²) >= 11 is 3.30. The van der Waals surface area contributed by atoms with E-state index in [1.807, 2.05) is 25.1 Å². The van der Waals surface area contributed by atoms with Crippen molar-refractivity contribution >= 4 is 55.7 Å². The van der Waals surface area contributed by atoms with Gasteiger partial charge < -0.3 is 10.6 Å². The first-order valence-corrected chi connectivity index (χ1v) is 10.3. The van der Waals surface area contributed by atoms with E-state index >= 15 is 0 Å². The van der Waals surface area contributed by atoms with Gasteiger partial charge in [-0.15, -0.1) is 24.0 Å². The molecule has 0 bridgehead atoms. The molecule has 26 heavy (non-hydrogen) atoms. The molecule has 2 aromatic carbocycles. The predicted molar refractivity (Wildman–Crippen MR) is 121 cm³/mol. The van der Waals surface area contributed by atoms with Crippen molar-refractivity contribution in [1.82, 2.24) is 10.6 Å². The van der Waals surface area contributed by atoms with Crippen LogP contribution in [0.4, 0.5) is 0 Å². The molecule has 0 saturated heterocycles. The van der Waals surface area contributed by atoms with E-state index in [1.54, 1.807) is 31.3 Å². The molecule has 2 N–H and O–H groups in total. The zero-order valence-electron chi connectivity index (χ0n) is 14.7. The maximum absolute atomic E-state index is 12.3. The van der Waals surface area contributed by atoms with Crippen molar-refractivity contribution in [3.8, 4) is 0 Å². The number of benzene rings is 2. The molecule has 0 aliphatic rings. The highest BCUT2D eigenvalue weighted by Crippen LogP contribution is 2.15. The standard InChI is InChI=1S/C18H22BrN3O2S.HI/c1-14-4-3-5-15(12-14)13-22-18(20-2)21-10-11-25(23,24)17-8-6-16(19)7-9-17;/h3-9,12H,10-11,13H2,1-2H3,(H2,20,21,22);1H. The van der Waals surface area contributed by atoms with E-state index in [1.165, 1.54) is 5.56 Å². The van der Waals surface area contributed by atoms with Crippen molar-refractivity contribution in [1.29, 1.82) is 0 Å². The largest absolute Gasteiger partial charge is 0.355 e. The number of hydrogen-bond donors (Lipinski definition) is 2. The highest BCUT2D eigenvalue weighted by molar-refractivity contribution is 14.0. The summed E-state index contributed by atoms with van der Waals surface area (Å²) in [5, 5.41) is 6.23. The average molecular weight is 552 g/mol. The van der Waals surface area contributed by atoms with Crippen LogP contribution in [0, 0.1) is 6.92 Å². The third-order valence-electron chi connectivity index (χ3n) is 3.60. The number of rotatable bonds is 6. The van der Waals surface area contributed by atoms with Crippen LogP contribution in [0.2, 0.25) is 0 Å². The Kier molecular flexibility index (Phi) is 9.59. The Labute approximate surface area is 180 Å². The lowest BCUT2D eigenvalue weighted by molar-refractivity contribution is 0.594. The van der Waals surface area contributed by atoms with Crippen molar-refractivity contribution in [2.75, 3.05) is 19.3 Å². The molecule has 2 aromatic rings. The van der Waals surface area contributed by atoms with Crippen LogP contribution in [0.3, 0.4) is 0 Å². The summed E-state index contributed by atoms with van der Waals surface area (Å²) in [4.78, 5) is 4.44. The van der Waals surface area contributed by atoms with Gasteiger partial charge in [-0.25, -0.2) is 8.42 Å². The Balaban J connectivity index is 0.00000338. The van der Waals surface area contributed by atoms with E-state index in [-0.39, 0.29) is 36.3 Å². The zero-order valence-corrected chi connectivity index (χ0v) is 19.4. The van der Waals surface area contributed by atoms with Crippen LogP contribution >= 0.6 is 39.9 Å². The lowest BCUT2D eigenvalue weighted by Crippen LogP contribution is -2.39. The second kappa shape index (κ2) is 10.9. The molecule has 0 aromatic heterocycles. The van der Waals surface area contributed by atoms with E-state index in [0.29, 0.717) is 17.4 Å². The van der Waals surface area contributed by atoms with Gasteiger partial charge >= 0.3 is 0 Å². The molecule has 0 aliphatic carbocycles. The molecule has 142 valence electrons. The van der Waals surface area contributed by atoms with Crippen LogP contribution in [0.1, 0.15) is 11.1 Å². The zero-order chi connectivity index (χ0) is 18.3. The summed E-state index contributed by atoms with van der Waals surface area (Å²) in [5.74, 6) is 0.576. The Morgan fingerprint density at radius 2 is 1.81 bits per heavy atom. The molecule has 8 heteroatoms.